The number of hydrogen-bond donors (Lipinski definition) is 2. The molecule has 2 N–H and O–H groups in total. The Balaban J connectivity index is 1.22. The Morgan fingerprint density at radius 1 is 1.03 bits per heavy atom. The summed E-state index contributed by atoms with van der Waals surface area (Å²) in [5.74, 6) is -1.76. The topological polar surface area (TPSA) is 152 Å². The molecule has 19 heteroatoms. The lowest BCUT2D eigenvalue weighted by atomic mass is 9.95. The van der Waals surface area contributed by atoms with Gasteiger partial charge in [0.25, 0.3) is 0 Å². The van der Waals surface area contributed by atoms with Crippen molar-refractivity contribution in [2.45, 2.75) is 45.1 Å². The van der Waals surface area contributed by atoms with E-state index in [0.717, 1.165) is 26.2 Å². The molecular weight excluding hydrogens is 866 g/mol. The van der Waals surface area contributed by atoms with E-state index in [0.29, 0.717) is 72.3 Å². The van der Waals surface area contributed by atoms with Gasteiger partial charge in [0.05, 0.1) is 34.6 Å². The van der Waals surface area contributed by atoms with Gasteiger partial charge in [-0.1, -0.05) is 41.9 Å². The van der Waals surface area contributed by atoms with Gasteiger partial charge in [0.1, 0.15) is 35.9 Å². The van der Waals surface area contributed by atoms with E-state index in [1.54, 1.807) is 41.3 Å². The number of anilines is 1. The molecular formula is C44H40ClF4N7O6S. The van der Waals surface area contributed by atoms with Crippen LogP contribution in [-0.2, 0) is 29.0 Å². The molecule has 0 saturated carbocycles. The van der Waals surface area contributed by atoms with Gasteiger partial charge in [-0.25, -0.2) is 24.1 Å². The Morgan fingerprint density at radius 2 is 1.83 bits per heavy atom. The third kappa shape index (κ3) is 10.1. The van der Waals surface area contributed by atoms with Crippen molar-refractivity contribution in [1.82, 2.24) is 30.2 Å². The minimum atomic E-state index is -4.42. The molecule has 0 spiro atoms. The average Bonchev–Trinajstić information content (AvgIpc) is 3.65. The van der Waals surface area contributed by atoms with Crippen molar-refractivity contribution >= 4 is 50.7 Å². The van der Waals surface area contributed by atoms with E-state index in [4.69, 9.17) is 25.8 Å². The van der Waals surface area contributed by atoms with Gasteiger partial charge in [-0.05, 0) is 65.1 Å². The van der Waals surface area contributed by atoms with Crippen LogP contribution in [0.1, 0.15) is 28.8 Å². The molecule has 0 unspecified atom stereocenters. The Kier molecular flexibility index (Phi) is 13.0. The second kappa shape index (κ2) is 18.8. The first-order valence-corrected chi connectivity index (χ1v) is 21.2. The van der Waals surface area contributed by atoms with Crippen molar-refractivity contribution in [1.29, 1.82) is 0 Å². The number of carboxylic acid groups (broad SMARTS) is 1. The van der Waals surface area contributed by atoms with Crippen LogP contribution in [-0.4, -0.2) is 100.0 Å². The molecule has 6 heterocycles. The number of nitrogens with zero attached hydrogens (tertiary/aromatic N) is 6. The van der Waals surface area contributed by atoms with Crippen LogP contribution in [0.2, 0.25) is 5.02 Å². The Morgan fingerprint density at radius 3 is 2.59 bits per heavy atom. The van der Waals surface area contributed by atoms with Crippen LogP contribution in [0.3, 0.4) is 0 Å². The lowest BCUT2D eigenvalue weighted by Gasteiger charge is -2.31. The molecule has 3 aliphatic rings. The van der Waals surface area contributed by atoms with E-state index in [9.17, 15) is 32.3 Å². The maximum Gasteiger partial charge on any atom is 0.392 e. The summed E-state index contributed by atoms with van der Waals surface area (Å²) in [6.07, 6.45) is -4.86. The zero-order valence-electron chi connectivity index (χ0n) is 33.8. The van der Waals surface area contributed by atoms with E-state index < -0.39 is 37.1 Å². The normalized spacial score (nSPS) is 16.0. The maximum atomic E-state index is 14.6. The number of ether oxygens (including phenoxy) is 3. The minimum Gasteiger partial charge on any atom is -0.487 e. The number of thiophene rings is 1. The number of aromatic nitrogens is 4. The Bertz CT molecular complexity index is 2650. The molecule has 1 atom stereocenters. The van der Waals surface area contributed by atoms with Gasteiger partial charge in [-0.15, -0.1) is 11.3 Å². The van der Waals surface area contributed by atoms with E-state index >= 15 is 0 Å². The first-order chi connectivity index (χ1) is 30.3. The molecule has 3 aromatic heterocycles. The summed E-state index contributed by atoms with van der Waals surface area (Å²) in [6, 6.07) is 15.9. The SMILES string of the molecule is Cc1c2ccc(c1Cl)N(CCN1CCNCC1)C(=O)Cc1ccc(OCc3ccnc(OCCC(F)(F)F)n3)c(c1)C[C@H](C(=O)O)Oc1ncnc3sc(-c4ccc(F)cc4)c-2c13. The number of carboxylic acids is 1. The number of aliphatic carboxylic acids is 1. The van der Waals surface area contributed by atoms with E-state index in [1.807, 2.05) is 13.0 Å². The Labute approximate surface area is 367 Å². The number of benzene rings is 3. The minimum absolute atomic E-state index is 0.0100. The number of hydrogen-bond acceptors (Lipinski definition) is 12. The number of carbonyl (C=O) groups excluding carboxylic acids is 1. The van der Waals surface area contributed by atoms with Crippen LogP contribution >= 0.6 is 22.9 Å². The average molecular weight is 906 g/mol. The van der Waals surface area contributed by atoms with Gasteiger partial charge in [0, 0.05) is 62.3 Å². The molecule has 0 radical (unpaired) electrons. The summed E-state index contributed by atoms with van der Waals surface area (Å²) in [5, 5.41) is 14.8. The molecule has 6 aromatic rings. The number of carbonyl (C=O) groups is 2. The number of fused-ring (bicyclic) bond motifs is 6. The van der Waals surface area contributed by atoms with E-state index in [-0.39, 0.29) is 48.7 Å². The Hall–Kier alpha value is -5.95. The zero-order valence-corrected chi connectivity index (χ0v) is 35.3. The molecule has 1 amide bonds. The molecule has 13 nitrogen and oxygen atoms in total. The van der Waals surface area contributed by atoms with Crippen LogP contribution in [0.25, 0.3) is 31.8 Å². The molecule has 0 aliphatic carbocycles. The second-order valence-electron chi connectivity index (χ2n) is 15.0. The highest BCUT2D eigenvalue weighted by atomic mass is 35.5. The standard InChI is InChI=1S/C44H40ClF4N7O6S/c1-25-31-7-8-32(38(25)45)56(18-17-55-15-13-50-14-16-55)35(57)21-26-2-9-33(61-23-30-10-12-51-43(54-30)60-19-11-44(47,48)49)28(20-26)22-34(42(58)59)62-40-37-36(31)39(63-41(37)53-24-52-40)27-3-5-29(46)6-4-27/h2-10,12,20,24,34,50H,11,13-19,21-23H2,1H3,(H,58,59)/t34-/m1/s1. The summed E-state index contributed by atoms with van der Waals surface area (Å²) in [5.41, 5.74) is 4.28. The van der Waals surface area contributed by atoms with Crippen molar-refractivity contribution in [2.75, 3.05) is 50.8 Å². The third-order valence-electron chi connectivity index (χ3n) is 10.7. The van der Waals surface area contributed by atoms with Crippen LogP contribution in [0.15, 0.2) is 73.2 Å². The van der Waals surface area contributed by atoms with Gasteiger partial charge in [0.2, 0.25) is 17.9 Å². The van der Waals surface area contributed by atoms with Crippen molar-refractivity contribution in [3.63, 3.8) is 0 Å². The highest BCUT2D eigenvalue weighted by Crippen LogP contribution is 2.49. The maximum absolute atomic E-state index is 14.6. The number of amides is 1. The number of halogens is 5. The van der Waals surface area contributed by atoms with Gasteiger partial charge in [-0.2, -0.15) is 18.2 Å². The molecule has 1 saturated heterocycles. The first kappa shape index (κ1) is 43.7. The lowest BCUT2D eigenvalue weighted by Crippen LogP contribution is -2.47. The smallest absolute Gasteiger partial charge is 0.392 e. The zero-order chi connectivity index (χ0) is 44.3. The highest BCUT2D eigenvalue weighted by molar-refractivity contribution is 7.22. The van der Waals surface area contributed by atoms with Crippen molar-refractivity contribution < 1.29 is 46.5 Å². The number of nitrogens with one attached hydrogen (secondary N) is 1. The summed E-state index contributed by atoms with van der Waals surface area (Å²) in [7, 11) is 0. The molecule has 63 heavy (non-hydrogen) atoms. The highest BCUT2D eigenvalue weighted by Gasteiger charge is 2.31. The number of alkyl halides is 3. The van der Waals surface area contributed by atoms with Gasteiger partial charge in [0.15, 0.2) is 0 Å². The summed E-state index contributed by atoms with van der Waals surface area (Å²) in [6.45, 7) is 5.19. The monoisotopic (exact) mass is 905 g/mol. The van der Waals surface area contributed by atoms with Crippen LogP contribution in [0.5, 0.6) is 17.6 Å². The molecule has 9 rings (SSSR count). The fourth-order valence-electron chi connectivity index (χ4n) is 7.53. The second-order valence-corrected chi connectivity index (χ2v) is 16.4. The van der Waals surface area contributed by atoms with Crippen molar-refractivity contribution in [2.24, 2.45) is 0 Å². The number of piperazine rings is 1. The van der Waals surface area contributed by atoms with Crippen molar-refractivity contribution in [3.05, 3.63) is 106 Å². The van der Waals surface area contributed by atoms with Gasteiger partial charge >= 0.3 is 18.2 Å². The summed E-state index contributed by atoms with van der Waals surface area (Å²) in [4.78, 5) is 49.9. The summed E-state index contributed by atoms with van der Waals surface area (Å²) >= 11 is 8.60. The molecule has 3 aromatic carbocycles. The largest absolute Gasteiger partial charge is 0.487 e. The van der Waals surface area contributed by atoms with E-state index in [2.05, 4.69) is 30.2 Å². The van der Waals surface area contributed by atoms with Crippen LogP contribution in [0, 0.1) is 12.7 Å². The number of rotatable bonds is 11. The van der Waals surface area contributed by atoms with Gasteiger partial charge < -0.3 is 29.5 Å². The van der Waals surface area contributed by atoms with Crippen LogP contribution < -0.4 is 24.4 Å². The summed E-state index contributed by atoms with van der Waals surface area (Å²) < 4.78 is 70.0. The van der Waals surface area contributed by atoms with Crippen LogP contribution in [0.4, 0.5) is 23.2 Å². The molecule has 328 valence electrons. The fourth-order valence-corrected chi connectivity index (χ4v) is 8.95. The lowest BCUT2D eigenvalue weighted by molar-refractivity contribution is -0.145. The third-order valence-corrected chi connectivity index (χ3v) is 12.4. The molecule has 4 bridgehead atoms. The van der Waals surface area contributed by atoms with Gasteiger partial charge in [-0.3, -0.25) is 9.69 Å². The predicted molar refractivity (Wildman–Crippen MR) is 228 cm³/mol. The fraction of sp³-hybridized carbons (Fsp3) is 0.318. The van der Waals surface area contributed by atoms with E-state index in [1.165, 1.54) is 42.1 Å². The van der Waals surface area contributed by atoms with Crippen molar-refractivity contribution in [3.8, 4) is 39.2 Å². The first-order valence-electron chi connectivity index (χ1n) is 20.0. The molecule has 1 fully saturated rings. The molecule has 3 aliphatic heterocycles. The quantitative estimate of drug-likeness (QED) is 0.123. The predicted octanol–water partition coefficient (Wildman–Crippen LogP) is 7.70.